The van der Waals surface area contributed by atoms with Crippen LogP contribution in [0.3, 0.4) is 0 Å². The molecule has 0 bridgehead atoms. The van der Waals surface area contributed by atoms with Gasteiger partial charge in [0.05, 0.1) is 6.19 Å². The number of carbonyl (C=O) groups excluding carboxylic acids is 1. The van der Waals surface area contributed by atoms with E-state index in [9.17, 15) is 4.79 Å². The van der Waals surface area contributed by atoms with E-state index in [1.807, 2.05) is 4.81 Å². The Hall–Kier alpha value is -0.345. The normalized spacial score (nSPS) is 21.3. The summed E-state index contributed by atoms with van der Waals surface area (Å²) in [6.45, 7) is 3.90. The Morgan fingerprint density at radius 2 is 2.11 bits per heavy atom. The van der Waals surface area contributed by atoms with Gasteiger partial charge in [0.15, 0.2) is 0 Å². The van der Waals surface area contributed by atoms with E-state index in [0.717, 1.165) is 32.4 Å². The topological polar surface area (TPSA) is 32.3 Å². The van der Waals surface area contributed by atoms with Crippen LogP contribution in [-0.2, 0) is 4.79 Å². The van der Waals surface area contributed by atoms with Gasteiger partial charge in [0, 0.05) is 13.1 Å². The van der Waals surface area contributed by atoms with Crippen LogP contribution in [0.25, 0.3) is 0 Å². The molecule has 0 amide bonds. The first-order valence-electron chi connectivity index (χ1n) is 3.17. The number of nitrogens with zero attached hydrogens (tertiary/aromatic N) is 1. The van der Waals surface area contributed by atoms with Gasteiger partial charge in [-0.05, 0) is 13.1 Å². The quantitative estimate of drug-likeness (QED) is 0.367. The van der Waals surface area contributed by atoms with Crippen LogP contribution in [0.5, 0.6) is 0 Å². The second-order valence-electron chi connectivity index (χ2n) is 2.07. The maximum Gasteiger partial charge on any atom is 0.293 e. The first kappa shape index (κ1) is 6.77. The van der Waals surface area contributed by atoms with Crippen LogP contribution in [-0.4, -0.2) is 44.6 Å². The van der Waals surface area contributed by atoms with Crippen molar-refractivity contribution >= 4 is 13.6 Å². The highest BCUT2D eigenvalue weighted by Gasteiger charge is 2.08. The Kier molecular flexibility index (Phi) is 2.74. The molecule has 3 nitrogen and oxygen atoms in total. The lowest BCUT2D eigenvalue weighted by molar-refractivity contribution is 0.378. The Labute approximate surface area is 55.7 Å². The van der Waals surface area contributed by atoms with E-state index in [2.05, 4.69) is 5.32 Å². The molecule has 0 aromatic carbocycles. The van der Waals surface area contributed by atoms with Crippen molar-refractivity contribution in [1.29, 1.82) is 0 Å². The summed E-state index contributed by atoms with van der Waals surface area (Å²) in [5.74, 6) is 0. The summed E-state index contributed by atoms with van der Waals surface area (Å²) >= 11 is 0. The predicted octanol–water partition coefficient (Wildman–Crippen LogP) is -1.30. The zero-order valence-electron chi connectivity index (χ0n) is 5.34. The van der Waals surface area contributed by atoms with Gasteiger partial charge in [-0.25, -0.2) is 0 Å². The van der Waals surface area contributed by atoms with Crippen molar-refractivity contribution in [2.75, 3.05) is 26.2 Å². The molecular weight excluding hydrogens is 115 g/mol. The fourth-order valence-corrected chi connectivity index (χ4v) is 0.917. The Balaban J connectivity index is 2.15. The molecule has 1 fully saturated rings. The van der Waals surface area contributed by atoms with Crippen molar-refractivity contribution in [3.63, 3.8) is 0 Å². The highest BCUT2D eigenvalue weighted by atomic mass is 16.1. The number of nitrogens with one attached hydrogen (secondary N) is 1. The van der Waals surface area contributed by atoms with Crippen LogP contribution in [0, 0.1) is 0 Å². The molecule has 0 aromatic heterocycles. The summed E-state index contributed by atoms with van der Waals surface area (Å²) in [6.07, 6.45) is 0.839. The molecule has 0 spiro atoms. The smallest absolute Gasteiger partial charge is 0.293 e. The van der Waals surface area contributed by atoms with Crippen LogP contribution in [0.15, 0.2) is 0 Å². The Morgan fingerprint density at radius 1 is 1.44 bits per heavy atom. The first-order chi connectivity index (χ1) is 4.43. The molecule has 49 valence electrons. The lowest BCUT2D eigenvalue weighted by Gasteiger charge is -2.24. The molecule has 1 N–H and O–H groups in total. The molecule has 1 aliphatic heterocycles. The number of hydrogen-bond acceptors (Lipinski definition) is 3. The second-order valence-corrected chi connectivity index (χ2v) is 2.07. The first-order valence-corrected chi connectivity index (χ1v) is 3.17. The summed E-state index contributed by atoms with van der Waals surface area (Å²) in [7, 11) is 1.60. The van der Waals surface area contributed by atoms with Gasteiger partial charge in [0.2, 0.25) is 0 Å². The molecule has 1 radical (unpaired) electrons. The third-order valence-corrected chi connectivity index (χ3v) is 1.42. The van der Waals surface area contributed by atoms with Gasteiger partial charge in [-0.15, -0.1) is 0 Å². The molecule has 9 heavy (non-hydrogen) atoms. The third kappa shape index (κ3) is 2.16. The SMILES string of the molecule is O=C[B]N1CCNCC1. The third-order valence-electron chi connectivity index (χ3n) is 1.42. The van der Waals surface area contributed by atoms with Crippen LogP contribution in [0.1, 0.15) is 0 Å². The summed E-state index contributed by atoms with van der Waals surface area (Å²) in [6, 6.07) is 0. The van der Waals surface area contributed by atoms with Crippen molar-refractivity contribution in [1.82, 2.24) is 10.1 Å². The van der Waals surface area contributed by atoms with E-state index in [-0.39, 0.29) is 0 Å². The average Bonchev–Trinajstić information content (AvgIpc) is 1.91. The zero-order valence-corrected chi connectivity index (χ0v) is 5.34. The average molecular weight is 125 g/mol. The number of rotatable bonds is 2. The van der Waals surface area contributed by atoms with Gasteiger partial charge >= 0.3 is 0 Å². The van der Waals surface area contributed by atoms with Crippen molar-refractivity contribution < 1.29 is 4.79 Å². The summed E-state index contributed by atoms with van der Waals surface area (Å²) in [4.78, 5) is 12.0. The van der Waals surface area contributed by atoms with Crippen molar-refractivity contribution in [3.8, 4) is 0 Å². The fraction of sp³-hybridized carbons (Fsp3) is 0.800. The standard InChI is InChI=1S/C5H10BN2O/c9-5-6-8-3-1-7-2-4-8/h5,7H,1-4H2. The predicted molar refractivity (Wildman–Crippen MR) is 36.9 cm³/mol. The minimum Gasteiger partial charge on any atom is -0.338 e. The largest absolute Gasteiger partial charge is 0.338 e. The summed E-state index contributed by atoms with van der Waals surface area (Å²) in [5, 5.41) is 3.20. The molecule has 4 heteroatoms. The minimum absolute atomic E-state index is 0.839. The van der Waals surface area contributed by atoms with Crippen molar-refractivity contribution in [2.45, 2.75) is 0 Å². The summed E-state index contributed by atoms with van der Waals surface area (Å²) in [5.41, 5.74) is 0. The maximum atomic E-state index is 9.96. The van der Waals surface area contributed by atoms with Gasteiger partial charge in [0.25, 0.3) is 7.41 Å². The van der Waals surface area contributed by atoms with Crippen LogP contribution < -0.4 is 5.32 Å². The zero-order chi connectivity index (χ0) is 6.53. The molecule has 1 saturated heterocycles. The molecule has 0 saturated carbocycles. The molecule has 1 heterocycles. The van der Waals surface area contributed by atoms with E-state index >= 15 is 0 Å². The van der Waals surface area contributed by atoms with Gasteiger partial charge < -0.3 is 14.9 Å². The van der Waals surface area contributed by atoms with E-state index in [1.165, 1.54) is 0 Å². The van der Waals surface area contributed by atoms with Crippen LogP contribution >= 0.6 is 0 Å². The number of piperazine rings is 1. The van der Waals surface area contributed by atoms with Gasteiger partial charge in [0.1, 0.15) is 0 Å². The van der Waals surface area contributed by atoms with E-state index < -0.39 is 0 Å². The van der Waals surface area contributed by atoms with E-state index in [4.69, 9.17) is 0 Å². The highest BCUT2D eigenvalue weighted by molar-refractivity contribution is 6.64. The van der Waals surface area contributed by atoms with Crippen LogP contribution in [0.2, 0.25) is 0 Å². The number of carbonyl (C=O) groups is 1. The lowest BCUT2D eigenvalue weighted by Crippen LogP contribution is -2.45. The second kappa shape index (κ2) is 3.64. The lowest BCUT2D eigenvalue weighted by atomic mass is 9.94. The Morgan fingerprint density at radius 3 is 2.67 bits per heavy atom. The molecule has 1 rings (SSSR count). The molecule has 1 aliphatic rings. The van der Waals surface area contributed by atoms with Gasteiger partial charge in [-0.2, -0.15) is 0 Å². The van der Waals surface area contributed by atoms with Gasteiger partial charge in [-0.1, -0.05) is 0 Å². The Bertz CT molecular complexity index is 93.0. The van der Waals surface area contributed by atoms with Gasteiger partial charge in [-0.3, -0.25) is 0 Å². The minimum atomic E-state index is 0.839. The molecule has 0 unspecified atom stereocenters. The summed E-state index contributed by atoms with van der Waals surface area (Å²) < 4.78 is 0. The molecule has 0 atom stereocenters. The monoisotopic (exact) mass is 125 g/mol. The number of hydrogen-bond donors (Lipinski definition) is 1. The molecular formula is C5H10BN2O. The van der Waals surface area contributed by atoms with E-state index in [1.54, 1.807) is 7.41 Å². The fourth-order valence-electron chi connectivity index (χ4n) is 0.917. The molecule has 0 aliphatic carbocycles. The van der Waals surface area contributed by atoms with Crippen LogP contribution in [0.4, 0.5) is 0 Å². The maximum absolute atomic E-state index is 9.96. The van der Waals surface area contributed by atoms with E-state index in [0.29, 0.717) is 0 Å². The highest BCUT2D eigenvalue weighted by Crippen LogP contribution is 1.85. The van der Waals surface area contributed by atoms with Crippen molar-refractivity contribution in [2.24, 2.45) is 0 Å². The molecule has 0 aromatic rings. The van der Waals surface area contributed by atoms with Crippen molar-refractivity contribution in [3.05, 3.63) is 0 Å².